The van der Waals surface area contributed by atoms with Gasteiger partial charge in [-0.2, -0.15) is 0 Å². The molecule has 7 N–H and O–H groups in total. The molecule has 7 unspecified atom stereocenters. The molecule has 0 amide bonds. The number of aliphatic hydroxyl groups excluding tert-OH is 2. The highest BCUT2D eigenvalue weighted by Gasteiger charge is 2.38. The molecule has 284 valence electrons. The molecule has 6 rings (SSSR count). The second-order valence-corrected chi connectivity index (χ2v) is 16.4. The summed E-state index contributed by atoms with van der Waals surface area (Å²) in [5.41, 5.74) is 9.06. The number of dihydropyridines is 1. The van der Waals surface area contributed by atoms with Gasteiger partial charge in [-0.25, -0.2) is 0 Å². The molecule has 1 saturated heterocycles. The number of piperidine rings is 1. The zero-order valence-electron chi connectivity index (χ0n) is 31.1. The Morgan fingerprint density at radius 1 is 1.04 bits per heavy atom. The highest BCUT2D eigenvalue weighted by Crippen LogP contribution is 2.48. The number of hydrogen-bond acceptors (Lipinski definition) is 9. The first-order valence-corrected chi connectivity index (χ1v) is 20.1. The van der Waals surface area contributed by atoms with E-state index < -0.39 is 18.1 Å². The quantitative estimate of drug-likeness (QED) is 0.112. The third-order valence-corrected chi connectivity index (χ3v) is 12.9. The Hall–Kier alpha value is -3.32. The van der Waals surface area contributed by atoms with Gasteiger partial charge in [0, 0.05) is 37.8 Å². The number of Topliss-reactive ketones (excluding diaryl/α,β-unsaturated/α-hetero) is 2. The normalized spacial score (nSPS) is 28.6. The predicted molar refractivity (Wildman–Crippen MR) is 202 cm³/mol. The molecule has 3 fully saturated rings. The van der Waals surface area contributed by atoms with Crippen LogP contribution in [0.25, 0.3) is 0 Å². The Morgan fingerprint density at radius 2 is 1.87 bits per heavy atom. The number of nitrogens with two attached hydrogens (primary N) is 1. The Kier molecular flexibility index (Phi) is 13.1. The summed E-state index contributed by atoms with van der Waals surface area (Å²) in [6.07, 6.45) is 17.8. The van der Waals surface area contributed by atoms with Crippen LogP contribution in [0.3, 0.4) is 0 Å². The third kappa shape index (κ3) is 9.42. The first-order valence-electron chi connectivity index (χ1n) is 20.1. The Morgan fingerprint density at radius 3 is 2.65 bits per heavy atom. The molecule has 5 aliphatic rings. The largest absolute Gasteiger partial charge is 0.504 e. The van der Waals surface area contributed by atoms with Crippen molar-refractivity contribution in [1.82, 2.24) is 10.6 Å². The van der Waals surface area contributed by atoms with Gasteiger partial charge in [-0.15, -0.1) is 0 Å². The third-order valence-electron chi connectivity index (χ3n) is 12.9. The monoisotopic (exact) mass is 715 g/mol. The van der Waals surface area contributed by atoms with E-state index in [0.717, 1.165) is 69.0 Å². The molecule has 0 spiro atoms. The Balaban J connectivity index is 1.11. The molecular formula is C43H61N3O6. The molecule has 1 aromatic rings. The maximum atomic E-state index is 13.6. The van der Waals surface area contributed by atoms with E-state index in [1.807, 2.05) is 12.1 Å². The number of fused-ring (bicyclic) bond motifs is 2. The van der Waals surface area contributed by atoms with E-state index >= 15 is 0 Å². The number of rotatable bonds is 13. The van der Waals surface area contributed by atoms with Gasteiger partial charge in [0.05, 0.1) is 25.1 Å². The van der Waals surface area contributed by atoms with Crippen LogP contribution in [0.5, 0.6) is 11.5 Å². The van der Waals surface area contributed by atoms with Crippen molar-refractivity contribution in [2.75, 3.05) is 20.2 Å². The average Bonchev–Trinajstić information content (AvgIpc) is 3.20. The van der Waals surface area contributed by atoms with Crippen molar-refractivity contribution >= 4 is 11.6 Å². The van der Waals surface area contributed by atoms with Crippen LogP contribution >= 0.6 is 0 Å². The lowest BCUT2D eigenvalue weighted by Gasteiger charge is -2.41. The van der Waals surface area contributed by atoms with Crippen LogP contribution in [0.1, 0.15) is 126 Å². The van der Waals surface area contributed by atoms with Crippen LogP contribution in [0, 0.1) is 35.0 Å². The summed E-state index contributed by atoms with van der Waals surface area (Å²) in [5.74, 6) is 8.06. The number of methoxy groups -OCH3 is 1. The number of hydrogen-bond donors (Lipinski definition) is 6. The van der Waals surface area contributed by atoms with Crippen molar-refractivity contribution in [3.63, 3.8) is 0 Å². The van der Waals surface area contributed by atoms with E-state index in [9.17, 15) is 24.9 Å². The molecule has 0 bridgehead atoms. The van der Waals surface area contributed by atoms with Gasteiger partial charge in [0.15, 0.2) is 17.3 Å². The summed E-state index contributed by atoms with van der Waals surface area (Å²) in [4.78, 5) is 25.5. The summed E-state index contributed by atoms with van der Waals surface area (Å²) in [7, 11) is 1.52. The highest BCUT2D eigenvalue weighted by molar-refractivity contribution is 5.85. The van der Waals surface area contributed by atoms with E-state index in [4.69, 9.17) is 10.5 Å². The molecule has 3 aliphatic carbocycles. The van der Waals surface area contributed by atoms with Crippen LogP contribution in [-0.4, -0.2) is 65.3 Å². The first-order chi connectivity index (χ1) is 25.1. The Bertz CT molecular complexity index is 1550. The van der Waals surface area contributed by atoms with E-state index in [1.54, 1.807) is 6.07 Å². The molecule has 0 aromatic heterocycles. The van der Waals surface area contributed by atoms with Gasteiger partial charge in [-0.05, 0) is 123 Å². The van der Waals surface area contributed by atoms with Crippen LogP contribution in [0.4, 0.5) is 0 Å². The number of carbonyl (C=O) groups is 2. The molecule has 52 heavy (non-hydrogen) atoms. The smallest absolute Gasteiger partial charge is 0.160 e. The lowest BCUT2D eigenvalue weighted by molar-refractivity contribution is -0.124. The van der Waals surface area contributed by atoms with Gasteiger partial charge in [0.1, 0.15) is 11.7 Å². The van der Waals surface area contributed by atoms with Crippen LogP contribution in [0.2, 0.25) is 0 Å². The zero-order valence-corrected chi connectivity index (χ0v) is 31.1. The van der Waals surface area contributed by atoms with Crippen molar-refractivity contribution in [3.05, 3.63) is 46.8 Å². The van der Waals surface area contributed by atoms with Crippen LogP contribution in [-0.2, 0) is 16.0 Å². The van der Waals surface area contributed by atoms with Gasteiger partial charge in [0.25, 0.3) is 0 Å². The number of aryl methyl sites for hydroxylation is 1. The summed E-state index contributed by atoms with van der Waals surface area (Å²) >= 11 is 0. The fourth-order valence-corrected chi connectivity index (χ4v) is 9.89. The van der Waals surface area contributed by atoms with E-state index in [2.05, 4.69) is 28.6 Å². The van der Waals surface area contributed by atoms with Crippen molar-refractivity contribution in [2.45, 2.75) is 140 Å². The number of nitrogens with one attached hydrogen (secondary N) is 2. The van der Waals surface area contributed by atoms with Crippen LogP contribution < -0.4 is 21.1 Å². The Labute approximate surface area is 310 Å². The summed E-state index contributed by atoms with van der Waals surface area (Å²) in [5, 5.41) is 40.6. The minimum absolute atomic E-state index is 0.0276. The topological polar surface area (TPSA) is 154 Å². The summed E-state index contributed by atoms with van der Waals surface area (Å²) in [6, 6.07) is 3.87. The standard InChI is InChI=1S/C43H61N3O6/c1-52-41-22-30-12-16-39(50)35(38(49)8-4-3-7-28-21-31-10-13-33(47)24-37(31)46-27-28)15-11-29(36(30)25-40(41)51)9-14-34(48)26-43(18-5-2-6-19-43)32-17-20-45-42(44)23-32/h17,22-23,25,28-29,31,34-35,37-38,45-46,48-49,51H,2-10,12-14,16,18-21,24,26-27,44H2,1H3. The molecule has 2 heterocycles. The van der Waals surface area contributed by atoms with Crippen molar-refractivity contribution in [3.8, 4) is 23.3 Å². The molecule has 7 atom stereocenters. The minimum atomic E-state index is -0.849. The number of ketones is 2. The van der Waals surface area contributed by atoms with Gasteiger partial charge in [0.2, 0.25) is 0 Å². The SMILES string of the molecule is COc1cc2c(cc1O)C(CCC(O)CC1(C3=CCNC(N)=C3)CCCCC1)C#CC(C(O)CCCCC1CNC3CC(=O)CCC3C1)C(=O)CC2. The van der Waals surface area contributed by atoms with E-state index in [1.165, 1.54) is 25.5 Å². The van der Waals surface area contributed by atoms with Crippen LogP contribution in [0.15, 0.2) is 35.7 Å². The summed E-state index contributed by atoms with van der Waals surface area (Å²) < 4.78 is 5.43. The number of phenolic OH excluding ortho intramolecular Hbond substituents is 1. The van der Waals surface area contributed by atoms with Gasteiger partial charge < -0.3 is 36.4 Å². The number of phenols is 1. The zero-order chi connectivity index (χ0) is 36.7. The lowest BCUT2D eigenvalue weighted by Crippen LogP contribution is -2.48. The number of carbonyl (C=O) groups excluding carboxylic acids is 2. The number of ether oxygens (including phenoxy) is 1. The number of aromatic hydroxyl groups is 1. The fourth-order valence-electron chi connectivity index (χ4n) is 9.89. The number of aliphatic hydroxyl groups is 2. The number of allylic oxidation sites excluding steroid dienone is 2. The predicted octanol–water partition coefficient (Wildman–Crippen LogP) is 5.70. The fraction of sp³-hybridized carbons (Fsp3) is 0.674. The second-order valence-electron chi connectivity index (χ2n) is 16.4. The van der Waals surface area contributed by atoms with Gasteiger partial charge in [-0.1, -0.05) is 50.0 Å². The minimum Gasteiger partial charge on any atom is -0.504 e. The molecule has 2 saturated carbocycles. The summed E-state index contributed by atoms with van der Waals surface area (Å²) in [6.45, 7) is 1.65. The van der Waals surface area contributed by atoms with E-state index in [0.29, 0.717) is 86.7 Å². The second kappa shape index (κ2) is 17.7. The molecule has 0 radical (unpaired) electrons. The van der Waals surface area contributed by atoms with Crippen molar-refractivity contribution < 1.29 is 29.6 Å². The molecule has 9 nitrogen and oxygen atoms in total. The van der Waals surface area contributed by atoms with Crippen molar-refractivity contribution in [1.29, 1.82) is 0 Å². The number of benzene rings is 1. The molecule has 2 aliphatic heterocycles. The maximum Gasteiger partial charge on any atom is 0.160 e. The molecule has 9 heteroatoms. The van der Waals surface area contributed by atoms with Gasteiger partial charge in [-0.3, -0.25) is 9.59 Å². The molecular weight excluding hydrogens is 654 g/mol. The van der Waals surface area contributed by atoms with Gasteiger partial charge >= 0.3 is 0 Å². The number of unbranched alkanes of at least 4 members (excludes halogenated alkanes) is 1. The average molecular weight is 716 g/mol. The lowest BCUT2D eigenvalue weighted by atomic mass is 9.65. The molecule has 1 aromatic carbocycles. The van der Waals surface area contributed by atoms with E-state index in [-0.39, 0.29) is 29.3 Å². The first kappa shape index (κ1) is 38.4. The highest BCUT2D eigenvalue weighted by atomic mass is 16.5. The maximum absolute atomic E-state index is 13.6. The van der Waals surface area contributed by atoms with Crippen molar-refractivity contribution in [2.24, 2.45) is 28.9 Å².